The lowest BCUT2D eigenvalue weighted by Gasteiger charge is -2.25. The van der Waals surface area contributed by atoms with Crippen LogP contribution in [-0.2, 0) is 4.79 Å². The van der Waals surface area contributed by atoms with Gasteiger partial charge in [-0.05, 0) is 24.6 Å². The molecule has 4 nitrogen and oxygen atoms in total. The molecule has 1 unspecified atom stereocenters. The van der Waals surface area contributed by atoms with Gasteiger partial charge in [-0.25, -0.2) is 0 Å². The summed E-state index contributed by atoms with van der Waals surface area (Å²) < 4.78 is 31.7. The maximum atomic E-state index is 13.5. The van der Waals surface area contributed by atoms with E-state index in [-0.39, 0.29) is 11.6 Å². The van der Waals surface area contributed by atoms with Crippen LogP contribution in [0, 0.1) is 11.9 Å². The minimum Gasteiger partial charge on any atom is -0.493 e. The number of amides is 1. The lowest BCUT2D eigenvalue weighted by molar-refractivity contribution is -0.118. The van der Waals surface area contributed by atoms with E-state index in [0.717, 1.165) is 17.7 Å². The number of carbonyl (C=O) groups excluding carboxylic acids is 1. The summed E-state index contributed by atoms with van der Waals surface area (Å²) in [7, 11) is 0. The largest absolute Gasteiger partial charge is 0.493 e. The van der Waals surface area contributed by atoms with Crippen LogP contribution in [0.5, 0.6) is 5.75 Å². The summed E-state index contributed by atoms with van der Waals surface area (Å²) in [6.07, 6.45) is 0.499. The van der Waals surface area contributed by atoms with E-state index in [0.29, 0.717) is 18.8 Å². The fraction of sp³-hybridized carbons (Fsp3) is 0.200. The predicted molar refractivity (Wildman–Crippen MR) is 72.1 cm³/mol. The number of benzene rings is 1. The molecule has 6 heteroatoms. The number of halogens is 2. The van der Waals surface area contributed by atoms with Gasteiger partial charge in [0.25, 0.3) is 0 Å². The zero-order valence-corrected chi connectivity index (χ0v) is 11.0. The van der Waals surface area contributed by atoms with Crippen LogP contribution in [0.1, 0.15) is 17.9 Å². The first-order chi connectivity index (χ1) is 10.1. The van der Waals surface area contributed by atoms with Crippen LogP contribution < -0.4 is 10.1 Å². The molecule has 1 amide bonds. The monoisotopic (exact) mass is 290 g/mol. The fourth-order valence-electron chi connectivity index (χ4n) is 2.34. The Hall–Kier alpha value is -2.50. The summed E-state index contributed by atoms with van der Waals surface area (Å²) in [5.74, 6) is -2.11. The summed E-state index contributed by atoms with van der Waals surface area (Å²) >= 11 is 0. The maximum absolute atomic E-state index is 13.5. The third kappa shape index (κ3) is 2.69. The molecule has 0 saturated heterocycles. The first-order valence-electron chi connectivity index (χ1n) is 6.50. The van der Waals surface area contributed by atoms with Gasteiger partial charge in [-0.2, -0.15) is 13.8 Å². The second kappa shape index (κ2) is 5.47. The molecule has 1 aliphatic heterocycles. The average Bonchev–Trinajstić information content (AvgIpc) is 2.49. The zero-order chi connectivity index (χ0) is 14.8. The van der Waals surface area contributed by atoms with E-state index in [2.05, 4.69) is 10.3 Å². The predicted octanol–water partition coefficient (Wildman–Crippen LogP) is 2.86. The number of hydrogen-bond acceptors (Lipinski definition) is 3. The van der Waals surface area contributed by atoms with Crippen molar-refractivity contribution in [1.82, 2.24) is 4.98 Å². The summed E-state index contributed by atoms with van der Waals surface area (Å²) in [6, 6.07) is 9.38. The molecule has 0 radical (unpaired) electrons. The van der Waals surface area contributed by atoms with Crippen molar-refractivity contribution in [3.8, 4) is 5.75 Å². The maximum Gasteiger partial charge on any atom is 0.239 e. The number of nitrogens with zero attached hydrogens (tertiary/aromatic N) is 1. The van der Waals surface area contributed by atoms with Gasteiger partial charge in [-0.15, -0.1) is 0 Å². The third-order valence-electron chi connectivity index (χ3n) is 3.35. The first-order valence-corrected chi connectivity index (χ1v) is 6.50. The van der Waals surface area contributed by atoms with E-state index < -0.39 is 17.8 Å². The molecule has 0 fully saturated rings. The van der Waals surface area contributed by atoms with Crippen molar-refractivity contribution >= 4 is 11.6 Å². The molecule has 3 rings (SSSR count). The number of carbonyl (C=O) groups is 1. The lowest BCUT2D eigenvalue weighted by Crippen LogP contribution is -2.26. The van der Waals surface area contributed by atoms with Crippen LogP contribution in [0.15, 0.2) is 36.4 Å². The summed E-state index contributed by atoms with van der Waals surface area (Å²) in [6.45, 7) is 0.416. The second-order valence-corrected chi connectivity index (χ2v) is 4.69. The van der Waals surface area contributed by atoms with E-state index in [1.807, 2.05) is 12.1 Å². The molecule has 0 saturated carbocycles. The van der Waals surface area contributed by atoms with Crippen LogP contribution in [-0.4, -0.2) is 17.5 Å². The van der Waals surface area contributed by atoms with Gasteiger partial charge in [-0.3, -0.25) is 4.79 Å². The topological polar surface area (TPSA) is 51.2 Å². The Morgan fingerprint density at radius 1 is 1.24 bits per heavy atom. The minimum absolute atomic E-state index is 0.134. The number of nitrogens with one attached hydrogen (secondary N) is 1. The van der Waals surface area contributed by atoms with E-state index in [9.17, 15) is 13.6 Å². The van der Waals surface area contributed by atoms with Gasteiger partial charge < -0.3 is 10.1 Å². The van der Waals surface area contributed by atoms with Crippen molar-refractivity contribution in [2.75, 3.05) is 11.9 Å². The van der Waals surface area contributed by atoms with Crippen molar-refractivity contribution in [1.29, 1.82) is 0 Å². The Balaban J connectivity index is 1.83. The van der Waals surface area contributed by atoms with Crippen LogP contribution in [0.2, 0.25) is 0 Å². The quantitative estimate of drug-likeness (QED) is 0.865. The van der Waals surface area contributed by atoms with Crippen LogP contribution in [0.4, 0.5) is 14.5 Å². The number of rotatable bonds is 2. The highest BCUT2D eigenvalue weighted by Gasteiger charge is 2.28. The molecular weight excluding hydrogens is 278 g/mol. The third-order valence-corrected chi connectivity index (χ3v) is 3.35. The van der Waals surface area contributed by atoms with Crippen molar-refractivity contribution in [3.63, 3.8) is 0 Å². The van der Waals surface area contributed by atoms with E-state index in [1.54, 1.807) is 12.1 Å². The van der Waals surface area contributed by atoms with Crippen LogP contribution in [0.25, 0.3) is 0 Å². The van der Waals surface area contributed by atoms with Gasteiger partial charge in [0, 0.05) is 5.56 Å². The number of anilines is 1. The Morgan fingerprint density at radius 2 is 2.05 bits per heavy atom. The van der Waals surface area contributed by atoms with Gasteiger partial charge in [-0.1, -0.05) is 18.2 Å². The molecule has 108 valence electrons. The molecule has 0 bridgehead atoms. The Bertz CT molecular complexity index is 691. The van der Waals surface area contributed by atoms with Crippen LogP contribution >= 0.6 is 0 Å². The molecule has 1 aromatic carbocycles. The Morgan fingerprint density at radius 3 is 2.86 bits per heavy atom. The Labute approximate surface area is 119 Å². The van der Waals surface area contributed by atoms with E-state index in [1.165, 1.54) is 0 Å². The highest BCUT2D eigenvalue weighted by Crippen LogP contribution is 2.34. The molecular formula is C15H12F2N2O2. The highest BCUT2D eigenvalue weighted by molar-refractivity contribution is 5.96. The number of hydrogen-bond donors (Lipinski definition) is 1. The minimum atomic E-state index is -1.04. The molecule has 1 N–H and O–H groups in total. The second-order valence-electron chi connectivity index (χ2n) is 4.69. The lowest BCUT2D eigenvalue weighted by atomic mass is 9.92. The fourth-order valence-corrected chi connectivity index (χ4v) is 2.34. The molecule has 2 aromatic rings. The first kappa shape index (κ1) is 13.5. The average molecular weight is 290 g/mol. The van der Waals surface area contributed by atoms with Gasteiger partial charge in [0.1, 0.15) is 5.75 Å². The standard InChI is InChI=1S/C15H12F2N2O2/c16-13-6-5-11(14(17)19-13)18-15(20)10-7-8-21-12-4-2-1-3-9(10)12/h1-6,10H,7-8H2,(H,18,20). The summed E-state index contributed by atoms with van der Waals surface area (Å²) in [5, 5.41) is 2.45. The van der Waals surface area contributed by atoms with E-state index >= 15 is 0 Å². The molecule has 1 aliphatic rings. The SMILES string of the molecule is O=C(Nc1ccc(F)nc1F)C1CCOc2ccccc21. The zero-order valence-electron chi connectivity index (χ0n) is 11.0. The molecule has 1 atom stereocenters. The number of fused-ring (bicyclic) bond motifs is 1. The highest BCUT2D eigenvalue weighted by atomic mass is 19.1. The van der Waals surface area contributed by atoms with Gasteiger partial charge in [0.05, 0.1) is 18.2 Å². The van der Waals surface area contributed by atoms with Gasteiger partial charge in [0.15, 0.2) is 0 Å². The number of ether oxygens (including phenoxy) is 1. The van der Waals surface area contributed by atoms with Crippen molar-refractivity contribution < 1.29 is 18.3 Å². The van der Waals surface area contributed by atoms with Gasteiger partial charge >= 0.3 is 0 Å². The van der Waals surface area contributed by atoms with Crippen LogP contribution in [0.3, 0.4) is 0 Å². The molecule has 1 aromatic heterocycles. The normalized spacial score (nSPS) is 16.8. The molecule has 2 heterocycles. The molecule has 0 spiro atoms. The van der Waals surface area contributed by atoms with Crippen molar-refractivity contribution in [3.05, 3.63) is 53.9 Å². The number of para-hydroxylation sites is 1. The van der Waals surface area contributed by atoms with Gasteiger partial charge in [0.2, 0.25) is 17.8 Å². The summed E-state index contributed by atoms with van der Waals surface area (Å²) in [4.78, 5) is 15.4. The molecule has 21 heavy (non-hydrogen) atoms. The molecule has 0 aliphatic carbocycles. The number of aromatic nitrogens is 1. The Kier molecular flexibility index (Phi) is 3.51. The van der Waals surface area contributed by atoms with Crippen molar-refractivity contribution in [2.24, 2.45) is 0 Å². The smallest absolute Gasteiger partial charge is 0.239 e. The summed E-state index contributed by atoms with van der Waals surface area (Å²) in [5.41, 5.74) is 0.627. The van der Waals surface area contributed by atoms with Crippen molar-refractivity contribution in [2.45, 2.75) is 12.3 Å². The van der Waals surface area contributed by atoms with E-state index in [4.69, 9.17) is 4.74 Å². The number of pyridine rings is 1.